The van der Waals surface area contributed by atoms with Crippen molar-refractivity contribution in [2.45, 2.75) is 38.1 Å². The maximum absolute atomic E-state index is 11.6. The van der Waals surface area contributed by atoms with Crippen LogP contribution in [-0.2, 0) is 11.2 Å². The second kappa shape index (κ2) is 6.34. The molecule has 1 atom stereocenters. The molecule has 1 aromatic heterocycles. The van der Waals surface area contributed by atoms with Gasteiger partial charge in [-0.25, -0.2) is 4.98 Å². The predicted octanol–water partition coefficient (Wildman–Crippen LogP) is -0.00440. The molecule has 6 nitrogen and oxygen atoms in total. The van der Waals surface area contributed by atoms with Gasteiger partial charge in [-0.1, -0.05) is 0 Å². The highest BCUT2D eigenvalue weighted by Gasteiger charge is 2.16. The lowest BCUT2D eigenvalue weighted by Crippen LogP contribution is -2.32. The summed E-state index contributed by atoms with van der Waals surface area (Å²) in [6.07, 6.45) is 6.11. The van der Waals surface area contributed by atoms with Crippen molar-refractivity contribution in [2.75, 3.05) is 13.1 Å². The summed E-state index contributed by atoms with van der Waals surface area (Å²) in [6, 6.07) is 0.379. The van der Waals surface area contributed by atoms with Crippen molar-refractivity contribution >= 4 is 5.91 Å². The Balaban J connectivity index is 1.53. The first-order valence-electron chi connectivity index (χ1n) is 6.19. The van der Waals surface area contributed by atoms with Crippen molar-refractivity contribution in [3.63, 3.8) is 0 Å². The molecule has 6 heteroatoms. The number of nitrogens with one attached hydrogen (secondary N) is 3. The van der Waals surface area contributed by atoms with Gasteiger partial charge in [-0.05, 0) is 25.8 Å². The van der Waals surface area contributed by atoms with E-state index in [2.05, 4.69) is 25.8 Å². The second-order valence-electron chi connectivity index (χ2n) is 4.38. The quantitative estimate of drug-likeness (QED) is 0.608. The van der Waals surface area contributed by atoms with E-state index in [0.29, 0.717) is 19.0 Å². The van der Waals surface area contributed by atoms with Crippen LogP contribution in [0.1, 0.15) is 31.5 Å². The van der Waals surface area contributed by atoms with E-state index >= 15 is 0 Å². The molecular weight excluding hydrogens is 218 g/mol. The van der Waals surface area contributed by atoms with E-state index in [-0.39, 0.29) is 5.91 Å². The van der Waals surface area contributed by atoms with Crippen molar-refractivity contribution in [3.05, 3.63) is 12.2 Å². The standard InChI is InChI=1S/C11H19N5O/c17-11(7-9-3-1-5-12-9)13-6-2-4-10-14-8-15-16-10/h8-9,12H,1-7H2,(H,13,17)(H,14,15,16). The molecule has 0 radical (unpaired) electrons. The molecule has 0 bridgehead atoms. The number of nitrogens with zero attached hydrogens (tertiary/aromatic N) is 2. The van der Waals surface area contributed by atoms with Gasteiger partial charge in [0.1, 0.15) is 12.2 Å². The zero-order chi connectivity index (χ0) is 11.9. The highest BCUT2D eigenvalue weighted by atomic mass is 16.1. The number of carbonyl (C=O) groups is 1. The first-order chi connectivity index (χ1) is 8.34. The Morgan fingerprint density at radius 2 is 2.53 bits per heavy atom. The fourth-order valence-electron chi connectivity index (χ4n) is 2.06. The highest BCUT2D eigenvalue weighted by Crippen LogP contribution is 2.08. The van der Waals surface area contributed by atoms with Crippen LogP contribution in [0.2, 0.25) is 0 Å². The summed E-state index contributed by atoms with van der Waals surface area (Å²) in [5, 5.41) is 12.8. The number of amides is 1. The Labute approximate surface area is 101 Å². The van der Waals surface area contributed by atoms with Crippen molar-refractivity contribution in [1.29, 1.82) is 0 Å². The van der Waals surface area contributed by atoms with Crippen molar-refractivity contribution in [3.8, 4) is 0 Å². The van der Waals surface area contributed by atoms with Gasteiger partial charge in [0.15, 0.2) is 0 Å². The predicted molar refractivity (Wildman–Crippen MR) is 63.4 cm³/mol. The van der Waals surface area contributed by atoms with Crippen LogP contribution in [-0.4, -0.2) is 40.2 Å². The molecule has 1 aliphatic rings. The number of hydrogen-bond acceptors (Lipinski definition) is 4. The van der Waals surface area contributed by atoms with E-state index in [4.69, 9.17) is 0 Å². The van der Waals surface area contributed by atoms with Crippen LogP contribution in [0.4, 0.5) is 0 Å². The molecule has 1 amide bonds. The van der Waals surface area contributed by atoms with Gasteiger partial charge in [-0.15, -0.1) is 0 Å². The minimum Gasteiger partial charge on any atom is -0.356 e. The molecule has 0 spiro atoms. The average Bonchev–Trinajstić information content (AvgIpc) is 2.96. The number of hydrogen-bond donors (Lipinski definition) is 3. The minimum absolute atomic E-state index is 0.141. The van der Waals surface area contributed by atoms with E-state index in [1.165, 1.54) is 12.7 Å². The van der Waals surface area contributed by atoms with Gasteiger partial charge in [0.25, 0.3) is 0 Å². The molecule has 0 saturated carbocycles. The highest BCUT2D eigenvalue weighted by molar-refractivity contribution is 5.76. The largest absolute Gasteiger partial charge is 0.356 e. The third-order valence-electron chi connectivity index (χ3n) is 2.97. The average molecular weight is 237 g/mol. The van der Waals surface area contributed by atoms with Gasteiger partial charge in [-0.3, -0.25) is 9.89 Å². The maximum Gasteiger partial charge on any atom is 0.221 e. The van der Waals surface area contributed by atoms with E-state index in [1.807, 2.05) is 0 Å². The van der Waals surface area contributed by atoms with Gasteiger partial charge < -0.3 is 10.6 Å². The molecule has 2 rings (SSSR count). The first kappa shape index (κ1) is 12.0. The van der Waals surface area contributed by atoms with Crippen LogP contribution >= 0.6 is 0 Å². The molecule has 1 fully saturated rings. The molecular formula is C11H19N5O. The number of aryl methyl sites for hydroxylation is 1. The van der Waals surface area contributed by atoms with Gasteiger partial charge in [0.05, 0.1) is 0 Å². The number of H-pyrrole nitrogens is 1. The normalized spacial score (nSPS) is 19.4. The molecule has 17 heavy (non-hydrogen) atoms. The van der Waals surface area contributed by atoms with E-state index in [0.717, 1.165) is 31.6 Å². The number of rotatable bonds is 6. The van der Waals surface area contributed by atoms with E-state index < -0.39 is 0 Å². The Kier molecular flexibility index (Phi) is 4.49. The Morgan fingerprint density at radius 1 is 1.59 bits per heavy atom. The van der Waals surface area contributed by atoms with Crippen molar-refractivity contribution < 1.29 is 4.79 Å². The molecule has 3 N–H and O–H groups in total. The zero-order valence-corrected chi connectivity index (χ0v) is 9.91. The number of carbonyl (C=O) groups excluding carboxylic acids is 1. The van der Waals surface area contributed by atoms with Crippen molar-refractivity contribution in [1.82, 2.24) is 25.8 Å². The van der Waals surface area contributed by atoms with E-state index in [1.54, 1.807) is 0 Å². The monoisotopic (exact) mass is 237 g/mol. The summed E-state index contributed by atoms with van der Waals surface area (Å²) in [5.41, 5.74) is 0. The first-order valence-corrected chi connectivity index (χ1v) is 6.19. The Bertz CT molecular complexity index is 332. The Morgan fingerprint density at radius 3 is 3.24 bits per heavy atom. The third-order valence-corrected chi connectivity index (χ3v) is 2.97. The van der Waals surface area contributed by atoms with E-state index in [9.17, 15) is 4.79 Å². The van der Waals surface area contributed by atoms with Crippen LogP contribution in [0.25, 0.3) is 0 Å². The number of aromatic amines is 1. The summed E-state index contributed by atoms with van der Waals surface area (Å²) >= 11 is 0. The molecule has 0 aromatic carbocycles. The zero-order valence-electron chi connectivity index (χ0n) is 9.91. The van der Waals surface area contributed by atoms with Gasteiger partial charge in [0.2, 0.25) is 5.91 Å². The summed E-state index contributed by atoms with van der Waals surface area (Å²) in [5.74, 6) is 1.01. The van der Waals surface area contributed by atoms with Gasteiger partial charge in [-0.2, -0.15) is 5.10 Å². The van der Waals surface area contributed by atoms with Crippen LogP contribution in [0.3, 0.4) is 0 Å². The molecule has 94 valence electrons. The number of aromatic nitrogens is 3. The molecule has 2 heterocycles. The Hall–Kier alpha value is -1.43. The van der Waals surface area contributed by atoms with Crippen molar-refractivity contribution in [2.24, 2.45) is 0 Å². The van der Waals surface area contributed by atoms with Gasteiger partial charge >= 0.3 is 0 Å². The summed E-state index contributed by atoms with van der Waals surface area (Å²) in [7, 11) is 0. The topological polar surface area (TPSA) is 82.7 Å². The summed E-state index contributed by atoms with van der Waals surface area (Å²) in [6.45, 7) is 1.75. The summed E-state index contributed by atoms with van der Waals surface area (Å²) in [4.78, 5) is 15.6. The smallest absolute Gasteiger partial charge is 0.221 e. The third kappa shape index (κ3) is 4.14. The molecule has 0 aliphatic carbocycles. The lowest BCUT2D eigenvalue weighted by molar-refractivity contribution is -0.121. The minimum atomic E-state index is 0.141. The SMILES string of the molecule is O=C(CC1CCCN1)NCCCc1ncn[nH]1. The maximum atomic E-state index is 11.6. The molecule has 1 saturated heterocycles. The lowest BCUT2D eigenvalue weighted by atomic mass is 10.1. The second-order valence-corrected chi connectivity index (χ2v) is 4.38. The van der Waals surface area contributed by atoms with Gasteiger partial charge in [0, 0.05) is 25.4 Å². The fourth-order valence-corrected chi connectivity index (χ4v) is 2.06. The van der Waals surface area contributed by atoms with Crippen LogP contribution in [0.15, 0.2) is 6.33 Å². The lowest BCUT2D eigenvalue weighted by Gasteiger charge is -2.09. The fraction of sp³-hybridized carbons (Fsp3) is 0.727. The van der Waals surface area contributed by atoms with Crippen LogP contribution < -0.4 is 10.6 Å². The molecule has 1 aliphatic heterocycles. The molecule has 1 aromatic rings. The molecule has 1 unspecified atom stereocenters. The van der Waals surface area contributed by atoms with Crippen LogP contribution in [0, 0.1) is 0 Å². The van der Waals surface area contributed by atoms with Crippen LogP contribution in [0.5, 0.6) is 0 Å². The summed E-state index contributed by atoms with van der Waals surface area (Å²) < 4.78 is 0.